The molecule has 0 spiro atoms. The van der Waals surface area contributed by atoms with Crippen molar-refractivity contribution in [3.05, 3.63) is 188 Å². The molecule has 8 aromatic carbocycles. The van der Waals surface area contributed by atoms with Crippen LogP contribution in [0.1, 0.15) is 5.56 Å². The molecule has 6 nitrogen and oxygen atoms in total. The molecule has 0 aliphatic rings. The minimum atomic E-state index is 0.556. The lowest BCUT2D eigenvalue weighted by molar-refractivity contribution is 0.670. The van der Waals surface area contributed by atoms with E-state index in [0.29, 0.717) is 17.6 Å². The highest BCUT2D eigenvalue weighted by atomic mass is 16.3. The van der Waals surface area contributed by atoms with E-state index in [1.807, 2.05) is 42.5 Å². The molecule has 0 saturated heterocycles. The van der Waals surface area contributed by atoms with E-state index in [4.69, 9.17) is 19.4 Å². The molecule has 0 atom stereocenters. The zero-order valence-corrected chi connectivity index (χ0v) is 31.5. The van der Waals surface area contributed by atoms with Gasteiger partial charge in [0, 0.05) is 54.7 Å². The fourth-order valence-corrected chi connectivity index (χ4v) is 8.89. The Kier molecular flexibility index (Phi) is 7.04. The van der Waals surface area contributed by atoms with E-state index < -0.39 is 0 Å². The summed E-state index contributed by atoms with van der Waals surface area (Å²) in [5.74, 6) is 1.78. The van der Waals surface area contributed by atoms with Gasteiger partial charge in [-0.05, 0) is 48.4 Å². The molecule has 0 bridgehead atoms. The normalized spacial score (nSPS) is 11.9. The van der Waals surface area contributed by atoms with Gasteiger partial charge in [0.25, 0.3) is 0 Å². The number of nitrogens with zero attached hydrogens (tertiary/aromatic N) is 5. The smallest absolute Gasteiger partial charge is 0.238 e. The van der Waals surface area contributed by atoms with Crippen molar-refractivity contribution in [2.24, 2.45) is 0 Å². The Balaban J connectivity index is 1.25. The largest absolute Gasteiger partial charge is 0.455 e. The maximum Gasteiger partial charge on any atom is 0.238 e. The molecule has 12 aromatic rings. The fraction of sp³-hybridized carbons (Fsp3) is 0.0192. The third-order valence-electron chi connectivity index (χ3n) is 11.5. The molecule has 4 heterocycles. The maximum atomic E-state index is 6.69. The molecule has 0 aliphatic carbocycles. The molecular formula is C52H33N5O. The van der Waals surface area contributed by atoms with Gasteiger partial charge in [-0.15, -0.1) is 0 Å². The number of hydrogen-bond acceptors (Lipinski definition) is 4. The molecule has 0 saturated carbocycles. The Morgan fingerprint density at radius 1 is 0.414 bits per heavy atom. The van der Waals surface area contributed by atoms with Crippen LogP contribution in [0.3, 0.4) is 0 Å². The van der Waals surface area contributed by atoms with E-state index in [2.05, 4.69) is 156 Å². The summed E-state index contributed by atoms with van der Waals surface area (Å²) < 4.78 is 11.4. The van der Waals surface area contributed by atoms with Gasteiger partial charge >= 0.3 is 0 Å². The summed E-state index contributed by atoms with van der Waals surface area (Å²) in [7, 11) is 0. The van der Waals surface area contributed by atoms with Gasteiger partial charge in [0.05, 0.1) is 22.1 Å². The van der Waals surface area contributed by atoms with Crippen molar-refractivity contribution < 1.29 is 4.42 Å². The first-order chi connectivity index (χ1) is 28.7. The van der Waals surface area contributed by atoms with Gasteiger partial charge in [-0.2, -0.15) is 9.97 Å². The fourth-order valence-electron chi connectivity index (χ4n) is 8.89. The average Bonchev–Trinajstić information content (AvgIpc) is 3.95. The topological polar surface area (TPSA) is 61.7 Å². The van der Waals surface area contributed by atoms with Crippen molar-refractivity contribution in [1.82, 2.24) is 24.1 Å². The lowest BCUT2D eigenvalue weighted by Crippen LogP contribution is -2.07. The molecule has 0 amide bonds. The van der Waals surface area contributed by atoms with Crippen molar-refractivity contribution >= 4 is 65.6 Å². The maximum absolute atomic E-state index is 6.69. The van der Waals surface area contributed by atoms with E-state index >= 15 is 0 Å². The van der Waals surface area contributed by atoms with Gasteiger partial charge in [0.1, 0.15) is 11.2 Å². The molecule has 0 N–H and O–H groups in total. The van der Waals surface area contributed by atoms with Crippen molar-refractivity contribution in [2.75, 3.05) is 0 Å². The molecule has 0 aliphatic heterocycles. The highest BCUT2D eigenvalue weighted by Crippen LogP contribution is 2.44. The minimum Gasteiger partial charge on any atom is -0.455 e. The molecule has 272 valence electrons. The Labute approximate surface area is 332 Å². The first kappa shape index (κ1) is 32.4. The molecule has 4 aromatic heterocycles. The zero-order valence-electron chi connectivity index (χ0n) is 31.5. The Bertz CT molecular complexity index is 3520. The summed E-state index contributed by atoms with van der Waals surface area (Å²) in [6.45, 7) is 2.17. The summed E-state index contributed by atoms with van der Waals surface area (Å²) in [5, 5.41) is 6.70. The minimum absolute atomic E-state index is 0.556. The van der Waals surface area contributed by atoms with Gasteiger partial charge in [-0.1, -0.05) is 152 Å². The van der Waals surface area contributed by atoms with Crippen LogP contribution in [0.4, 0.5) is 0 Å². The number of rotatable bonds is 5. The van der Waals surface area contributed by atoms with Crippen LogP contribution >= 0.6 is 0 Å². The second kappa shape index (κ2) is 12.6. The highest BCUT2D eigenvalue weighted by molar-refractivity contribution is 6.24. The number of aromatic nitrogens is 5. The van der Waals surface area contributed by atoms with E-state index in [1.165, 1.54) is 5.56 Å². The Morgan fingerprint density at radius 3 is 1.60 bits per heavy atom. The van der Waals surface area contributed by atoms with Crippen molar-refractivity contribution in [2.45, 2.75) is 6.92 Å². The molecule has 0 fully saturated rings. The van der Waals surface area contributed by atoms with Crippen LogP contribution in [0, 0.1) is 6.92 Å². The number of hydrogen-bond donors (Lipinski definition) is 0. The second-order valence-corrected chi connectivity index (χ2v) is 14.9. The van der Waals surface area contributed by atoms with Gasteiger partial charge < -0.3 is 8.98 Å². The standard InChI is InChI=1S/C52H33N5O/c1-32-16-8-9-21-36(32)42-30-35(31-43-39-24-12-15-27-46(39)58-49(42)43)56-44-25-13-10-22-37(44)40-28-29-41-38-23-11-14-26-45(38)57(48(41)47(40)56)52-54-50(33-17-4-2-5-18-33)53-51(55-52)34-19-6-3-7-20-34/h2-31H,1H3. The lowest BCUT2D eigenvalue weighted by Gasteiger charge is -2.15. The Morgan fingerprint density at radius 2 is 0.948 bits per heavy atom. The van der Waals surface area contributed by atoms with E-state index in [-0.39, 0.29) is 0 Å². The van der Waals surface area contributed by atoms with Crippen LogP contribution in [-0.4, -0.2) is 24.1 Å². The number of para-hydroxylation sites is 3. The number of aryl methyl sites for hydroxylation is 1. The molecule has 0 unspecified atom stereocenters. The average molecular weight is 744 g/mol. The molecule has 0 radical (unpaired) electrons. The molecule has 58 heavy (non-hydrogen) atoms. The van der Waals surface area contributed by atoms with Crippen molar-refractivity contribution in [1.29, 1.82) is 0 Å². The van der Waals surface area contributed by atoms with Crippen LogP contribution in [0.25, 0.3) is 111 Å². The SMILES string of the molecule is Cc1ccccc1-c1cc(-n2c3ccccc3c3ccc4c5ccccc5n(-c5nc(-c6ccccc6)nc(-c6ccccc6)n5)c4c32)cc2c1oc1ccccc12. The van der Waals surface area contributed by atoms with Gasteiger partial charge in [-0.3, -0.25) is 4.57 Å². The molecular weight excluding hydrogens is 711 g/mol. The van der Waals surface area contributed by atoms with Crippen molar-refractivity contribution in [3.8, 4) is 45.5 Å². The van der Waals surface area contributed by atoms with Crippen molar-refractivity contribution in [3.63, 3.8) is 0 Å². The number of furan rings is 1. The van der Waals surface area contributed by atoms with E-state index in [0.717, 1.165) is 93.5 Å². The van der Waals surface area contributed by atoms with Crippen LogP contribution in [-0.2, 0) is 0 Å². The first-order valence-corrected chi connectivity index (χ1v) is 19.5. The third-order valence-corrected chi connectivity index (χ3v) is 11.5. The quantitative estimate of drug-likeness (QED) is 0.176. The first-order valence-electron chi connectivity index (χ1n) is 19.5. The van der Waals surface area contributed by atoms with E-state index in [9.17, 15) is 0 Å². The highest BCUT2D eigenvalue weighted by Gasteiger charge is 2.25. The summed E-state index contributed by atoms with van der Waals surface area (Å²) in [4.78, 5) is 15.6. The predicted molar refractivity (Wildman–Crippen MR) is 237 cm³/mol. The van der Waals surface area contributed by atoms with Crippen LogP contribution in [0.15, 0.2) is 186 Å². The predicted octanol–water partition coefficient (Wildman–Crippen LogP) is 13.3. The summed E-state index contributed by atoms with van der Waals surface area (Å²) in [6.07, 6.45) is 0. The Hall–Kier alpha value is -7.83. The monoisotopic (exact) mass is 743 g/mol. The van der Waals surface area contributed by atoms with E-state index in [1.54, 1.807) is 0 Å². The van der Waals surface area contributed by atoms with Crippen LogP contribution < -0.4 is 0 Å². The summed E-state index contributed by atoms with van der Waals surface area (Å²) >= 11 is 0. The van der Waals surface area contributed by atoms with Crippen LogP contribution in [0.5, 0.6) is 0 Å². The molecule has 12 rings (SSSR count). The lowest BCUT2D eigenvalue weighted by atomic mass is 9.97. The van der Waals surface area contributed by atoms with Gasteiger partial charge in [-0.25, -0.2) is 4.98 Å². The number of fused-ring (bicyclic) bond motifs is 10. The number of benzene rings is 8. The second-order valence-electron chi connectivity index (χ2n) is 14.9. The zero-order chi connectivity index (χ0) is 38.3. The van der Waals surface area contributed by atoms with Crippen LogP contribution in [0.2, 0.25) is 0 Å². The van der Waals surface area contributed by atoms with Gasteiger partial charge in [0.15, 0.2) is 11.6 Å². The molecule has 6 heteroatoms. The summed E-state index contributed by atoms with van der Waals surface area (Å²) in [6, 6.07) is 63.6. The summed E-state index contributed by atoms with van der Waals surface area (Å²) in [5.41, 5.74) is 12.2. The third kappa shape index (κ3) is 4.82. The van der Waals surface area contributed by atoms with Gasteiger partial charge in [0.2, 0.25) is 5.95 Å².